The molecule has 26 heavy (non-hydrogen) atoms. The molecule has 0 atom stereocenters. The van der Waals surface area contributed by atoms with Crippen molar-refractivity contribution in [1.82, 2.24) is 4.57 Å². The second-order valence-corrected chi connectivity index (χ2v) is 5.67. The van der Waals surface area contributed by atoms with Crippen LogP contribution in [-0.4, -0.2) is 28.4 Å². The molecule has 0 saturated heterocycles. The summed E-state index contributed by atoms with van der Waals surface area (Å²) in [5.41, 5.74) is -0.463. The second-order valence-electron chi connectivity index (χ2n) is 5.67. The normalized spacial score (nSPS) is 10.4. The largest absolute Gasteiger partial charge is 0.465 e. The molecule has 136 valence electrons. The van der Waals surface area contributed by atoms with Crippen LogP contribution in [0.15, 0.2) is 41.3 Å². The number of methoxy groups -OCH3 is 1. The Morgan fingerprint density at radius 2 is 1.85 bits per heavy atom. The van der Waals surface area contributed by atoms with Gasteiger partial charge in [0.15, 0.2) is 5.78 Å². The van der Waals surface area contributed by atoms with Crippen molar-refractivity contribution in [2.45, 2.75) is 26.3 Å². The fourth-order valence-electron chi connectivity index (χ4n) is 2.49. The maximum absolute atomic E-state index is 12.4. The van der Waals surface area contributed by atoms with Crippen molar-refractivity contribution in [2.24, 2.45) is 0 Å². The number of carbonyl (C=O) groups excluding carboxylic acids is 2. The molecule has 1 heterocycles. The molecule has 1 aromatic heterocycles. The maximum atomic E-state index is 12.4. The first kappa shape index (κ1) is 19.0. The fourth-order valence-corrected chi connectivity index (χ4v) is 2.49. The first-order chi connectivity index (χ1) is 12.4. The quantitative estimate of drug-likeness (QED) is 0.325. The SMILES string of the molecule is CCCc1ccc(C(=O)Cn2cc(C(=O)OC)cc([N+](=O)[O-])c2=O)cc1. The number of ketones is 1. The molecule has 0 unspecified atom stereocenters. The Labute approximate surface area is 149 Å². The molecule has 2 aromatic rings. The lowest BCUT2D eigenvalue weighted by atomic mass is 10.1. The zero-order valence-electron chi connectivity index (χ0n) is 14.4. The average molecular weight is 358 g/mol. The summed E-state index contributed by atoms with van der Waals surface area (Å²) in [6.45, 7) is 1.63. The minimum atomic E-state index is -0.960. The number of benzene rings is 1. The van der Waals surface area contributed by atoms with Crippen LogP contribution in [0.4, 0.5) is 5.69 Å². The van der Waals surface area contributed by atoms with Gasteiger partial charge in [0.05, 0.1) is 24.1 Å². The Morgan fingerprint density at radius 3 is 2.38 bits per heavy atom. The van der Waals surface area contributed by atoms with Gasteiger partial charge in [0.1, 0.15) is 0 Å². The molecular weight excluding hydrogens is 340 g/mol. The minimum absolute atomic E-state index is 0.176. The number of aromatic nitrogens is 1. The van der Waals surface area contributed by atoms with Crippen molar-refractivity contribution in [3.05, 3.63) is 73.7 Å². The van der Waals surface area contributed by atoms with Crippen molar-refractivity contribution in [2.75, 3.05) is 7.11 Å². The van der Waals surface area contributed by atoms with Crippen LogP contribution in [0.3, 0.4) is 0 Å². The number of hydrogen-bond donors (Lipinski definition) is 0. The Hall–Kier alpha value is -3.29. The predicted molar refractivity (Wildman–Crippen MR) is 93.5 cm³/mol. The molecular formula is C18H18N2O6. The van der Waals surface area contributed by atoms with Crippen molar-refractivity contribution in [1.29, 1.82) is 0 Å². The molecule has 0 aliphatic carbocycles. The molecule has 0 fully saturated rings. The maximum Gasteiger partial charge on any atom is 0.339 e. The lowest BCUT2D eigenvalue weighted by Crippen LogP contribution is -2.27. The van der Waals surface area contributed by atoms with E-state index in [2.05, 4.69) is 4.74 Å². The molecule has 8 nitrogen and oxygen atoms in total. The van der Waals surface area contributed by atoms with E-state index in [1.54, 1.807) is 12.1 Å². The van der Waals surface area contributed by atoms with E-state index in [-0.39, 0.29) is 5.56 Å². The van der Waals surface area contributed by atoms with Gasteiger partial charge in [-0.15, -0.1) is 0 Å². The van der Waals surface area contributed by atoms with Gasteiger partial charge < -0.3 is 9.30 Å². The number of nitrogens with zero attached hydrogens (tertiary/aromatic N) is 2. The molecule has 0 aliphatic heterocycles. The summed E-state index contributed by atoms with van der Waals surface area (Å²) < 4.78 is 5.38. The predicted octanol–water partition coefficient (Wildman–Crippen LogP) is 2.38. The highest BCUT2D eigenvalue weighted by Gasteiger charge is 2.21. The molecule has 0 saturated carbocycles. The number of pyridine rings is 1. The summed E-state index contributed by atoms with van der Waals surface area (Å²) >= 11 is 0. The van der Waals surface area contributed by atoms with Gasteiger partial charge in [0.2, 0.25) is 0 Å². The van der Waals surface area contributed by atoms with E-state index in [0.717, 1.165) is 42.3 Å². The topological polar surface area (TPSA) is 109 Å². The third kappa shape index (κ3) is 4.21. The molecule has 1 aromatic carbocycles. The number of esters is 1. The average Bonchev–Trinajstić information content (AvgIpc) is 2.63. The Bertz CT molecular complexity index is 899. The van der Waals surface area contributed by atoms with Crippen molar-refractivity contribution >= 4 is 17.4 Å². The second kappa shape index (κ2) is 8.19. The van der Waals surface area contributed by atoms with Crippen molar-refractivity contribution < 1.29 is 19.2 Å². The van der Waals surface area contributed by atoms with Crippen LogP contribution in [0.1, 0.15) is 39.6 Å². The van der Waals surface area contributed by atoms with Crippen LogP contribution in [-0.2, 0) is 17.7 Å². The fraction of sp³-hybridized carbons (Fsp3) is 0.278. The lowest BCUT2D eigenvalue weighted by Gasteiger charge is -2.08. The molecule has 2 rings (SSSR count). The molecule has 0 amide bonds. The zero-order valence-corrected chi connectivity index (χ0v) is 14.4. The van der Waals surface area contributed by atoms with Gasteiger partial charge in [-0.2, -0.15) is 0 Å². The van der Waals surface area contributed by atoms with Crippen LogP contribution in [0, 0.1) is 10.1 Å². The molecule has 8 heteroatoms. The van der Waals surface area contributed by atoms with Gasteiger partial charge in [-0.3, -0.25) is 19.7 Å². The standard InChI is InChI=1S/C18H18N2O6/c1-3-4-12-5-7-13(8-6-12)16(21)11-19-10-14(18(23)26-2)9-15(17(19)22)20(24)25/h5-10H,3-4,11H2,1-2H3. The van der Waals surface area contributed by atoms with Crippen LogP contribution in [0.25, 0.3) is 0 Å². The summed E-state index contributed by atoms with van der Waals surface area (Å²) in [5.74, 6) is -1.23. The number of carbonyl (C=O) groups is 2. The van der Waals surface area contributed by atoms with E-state index < -0.39 is 34.5 Å². The van der Waals surface area contributed by atoms with E-state index in [9.17, 15) is 24.5 Å². The van der Waals surface area contributed by atoms with E-state index in [0.29, 0.717) is 5.56 Å². The molecule has 0 bridgehead atoms. The Kier molecular flexibility index (Phi) is 6.00. The highest BCUT2D eigenvalue weighted by Crippen LogP contribution is 2.12. The van der Waals surface area contributed by atoms with Gasteiger partial charge in [0, 0.05) is 17.8 Å². The summed E-state index contributed by atoms with van der Waals surface area (Å²) in [7, 11) is 1.12. The highest BCUT2D eigenvalue weighted by atomic mass is 16.6. The van der Waals surface area contributed by atoms with E-state index in [1.165, 1.54) is 0 Å². The van der Waals surface area contributed by atoms with Crippen molar-refractivity contribution in [3.63, 3.8) is 0 Å². The van der Waals surface area contributed by atoms with Gasteiger partial charge in [-0.1, -0.05) is 37.6 Å². The summed E-state index contributed by atoms with van der Waals surface area (Å²) in [6, 6.07) is 7.79. The third-order valence-corrected chi connectivity index (χ3v) is 3.81. The number of Topliss-reactive ketones (excluding diaryl/α,β-unsaturated/α-hetero) is 1. The minimum Gasteiger partial charge on any atom is -0.465 e. The number of rotatable bonds is 7. The van der Waals surface area contributed by atoms with Crippen LogP contribution in [0.2, 0.25) is 0 Å². The molecule has 0 spiro atoms. The third-order valence-electron chi connectivity index (χ3n) is 3.81. The molecule has 0 N–H and O–H groups in total. The molecule has 0 aliphatic rings. The summed E-state index contributed by atoms with van der Waals surface area (Å²) in [5, 5.41) is 11.0. The van der Waals surface area contributed by atoms with E-state index in [4.69, 9.17) is 0 Å². The van der Waals surface area contributed by atoms with Crippen LogP contribution in [0.5, 0.6) is 0 Å². The highest BCUT2D eigenvalue weighted by molar-refractivity contribution is 5.96. The van der Waals surface area contributed by atoms with E-state index >= 15 is 0 Å². The van der Waals surface area contributed by atoms with Gasteiger partial charge >= 0.3 is 17.2 Å². The Balaban J connectivity index is 2.36. The summed E-state index contributed by atoms with van der Waals surface area (Å²) in [6.07, 6.45) is 2.96. The molecule has 0 radical (unpaired) electrons. The first-order valence-corrected chi connectivity index (χ1v) is 7.96. The number of ether oxygens (including phenoxy) is 1. The van der Waals surface area contributed by atoms with Crippen LogP contribution >= 0.6 is 0 Å². The van der Waals surface area contributed by atoms with Crippen LogP contribution < -0.4 is 5.56 Å². The monoisotopic (exact) mass is 358 g/mol. The summed E-state index contributed by atoms with van der Waals surface area (Å²) in [4.78, 5) is 46.4. The number of aryl methyl sites for hydroxylation is 1. The van der Waals surface area contributed by atoms with Gasteiger partial charge in [0.25, 0.3) is 0 Å². The first-order valence-electron chi connectivity index (χ1n) is 7.96. The van der Waals surface area contributed by atoms with Gasteiger partial charge in [-0.25, -0.2) is 4.79 Å². The van der Waals surface area contributed by atoms with Gasteiger partial charge in [-0.05, 0) is 12.0 Å². The zero-order chi connectivity index (χ0) is 19.3. The lowest BCUT2D eigenvalue weighted by molar-refractivity contribution is -0.386. The Morgan fingerprint density at radius 1 is 1.19 bits per heavy atom. The van der Waals surface area contributed by atoms with Crippen molar-refractivity contribution in [3.8, 4) is 0 Å². The number of nitro groups is 1. The van der Waals surface area contributed by atoms with E-state index in [1.807, 2.05) is 19.1 Å². The smallest absolute Gasteiger partial charge is 0.339 e. The number of hydrogen-bond acceptors (Lipinski definition) is 6.